The zero-order valence-corrected chi connectivity index (χ0v) is 19.2. The van der Waals surface area contributed by atoms with Crippen molar-refractivity contribution < 1.29 is 14.3 Å². The first kappa shape index (κ1) is 23.1. The number of carbonyl (C=O) groups is 1. The average molecular weight is 425 g/mol. The zero-order chi connectivity index (χ0) is 22.1. The topological polar surface area (TPSA) is 50.8 Å². The summed E-state index contributed by atoms with van der Waals surface area (Å²) in [5.74, 6) is 2.16. The van der Waals surface area contributed by atoms with Gasteiger partial charge in [-0.05, 0) is 49.3 Å². The Kier molecular flexibility index (Phi) is 8.77. The molecule has 0 atom stereocenters. The van der Waals surface area contributed by atoms with Crippen LogP contribution in [-0.4, -0.2) is 37.1 Å². The molecule has 1 heterocycles. The molecule has 0 saturated heterocycles. The third-order valence-electron chi connectivity index (χ3n) is 5.56. The van der Waals surface area contributed by atoms with Crippen LogP contribution in [0.2, 0.25) is 0 Å². The highest BCUT2D eigenvalue weighted by molar-refractivity contribution is 5.78. The number of carbonyl (C=O) groups excluding carboxylic acids is 1. The average Bonchev–Trinajstić information content (AvgIpc) is 2.76. The fraction of sp³-hybridized carbons (Fsp3) is 0.500. The van der Waals surface area contributed by atoms with Gasteiger partial charge >= 0.3 is 0 Å². The van der Waals surface area contributed by atoms with Crippen molar-refractivity contribution in [2.45, 2.75) is 59.0 Å². The molecule has 0 aliphatic carbocycles. The van der Waals surface area contributed by atoms with Gasteiger partial charge in [-0.3, -0.25) is 9.69 Å². The molecule has 0 saturated carbocycles. The van der Waals surface area contributed by atoms with E-state index >= 15 is 0 Å². The third kappa shape index (κ3) is 7.00. The van der Waals surface area contributed by atoms with Crippen LogP contribution in [0.1, 0.15) is 62.6 Å². The highest BCUT2D eigenvalue weighted by atomic mass is 16.5. The number of hydrogen-bond acceptors (Lipinski definition) is 4. The Labute approximate surface area is 186 Å². The van der Waals surface area contributed by atoms with Gasteiger partial charge in [-0.2, -0.15) is 0 Å². The van der Waals surface area contributed by atoms with E-state index in [0.29, 0.717) is 45.3 Å². The zero-order valence-electron chi connectivity index (χ0n) is 19.2. The van der Waals surface area contributed by atoms with Crippen LogP contribution in [0, 0.1) is 0 Å². The second-order valence-corrected chi connectivity index (χ2v) is 8.48. The van der Waals surface area contributed by atoms with Gasteiger partial charge in [0.2, 0.25) is 5.91 Å². The largest absolute Gasteiger partial charge is 0.490 e. The van der Waals surface area contributed by atoms with E-state index in [2.05, 4.69) is 54.4 Å². The number of hydrogen-bond donors (Lipinski definition) is 1. The maximum atomic E-state index is 12.6. The summed E-state index contributed by atoms with van der Waals surface area (Å²) < 4.78 is 12.0. The van der Waals surface area contributed by atoms with E-state index in [1.807, 2.05) is 19.1 Å². The molecule has 0 unspecified atom stereocenters. The summed E-state index contributed by atoms with van der Waals surface area (Å²) in [6, 6.07) is 14.7. The lowest BCUT2D eigenvalue weighted by Crippen LogP contribution is -2.37. The third-order valence-corrected chi connectivity index (χ3v) is 5.56. The van der Waals surface area contributed by atoms with Gasteiger partial charge in [-0.1, -0.05) is 50.2 Å². The number of rotatable bonds is 5. The number of para-hydroxylation sites is 1. The summed E-state index contributed by atoms with van der Waals surface area (Å²) in [6.07, 6.45) is 2.95. The Hall–Kier alpha value is -2.53. The van der Waals surface area contributed by atoms with Crippen LogP contribution in [0.25, 0.3) is 0 Å². The quantitative estimate of drug-likeness (QED) is 0.742. The van der Waals surface area contributed by atoms with Crippen molar-refractivity contribution in [2.24, 2.45) is 0 Å². The molecule has 1 N–H and O–H groups in total. The van der Waals surface area contributed by atoms with Crippen LogP contribution in [0.15, 0.2) is 42.5 Å². The van der Waals surface area contributed by atoms with E-state index in [1.165, 1.54) is 11.1 Å². The number of fused-ring (bicyclic) bond motifs is 1. The van der Waals surface area contributed by atoms with Gasteiger partial charge < -0.3 is 14.8 Å². The van der Waals surface area contributed by atoms with Gasteiger partial charge in [-0.15, -0.1) is 0 Å². The van der Waals surface area contributed by atoms with Crippen molar-refractivity contribution in [3.05, 3.63) is 59.2 Å². The highest BCUT2D eigenvalue weighted by Crippen LogP contribution is 2.33. The van der Waals surface area contributed by atoms with Crippen LogP contribution < -0.4 is 14.8 Å². The minimum atomic E-state index is 0.0708. The van der Waals surface area contributed by atoms with Gasteiger partial charge in [0, 0.05) is 25.2 Å². The smallest absolute Gasteiger partial charge is 0.234 e. The maximum Gasteiger partial charge on any atom is 0.234 e. The fourth-order valence-electron chi connectivity index (χ4n) is 3.86. The Morgan fingerprint density at radius 2 is 1.87 bits per heavy atom. The molecule has 0 spiro atoms. The predicted octanol–water partition coefficient (Wildman–Crippen LogP) is 4.89. The van der Waals surface area contributed by atoms with Crippen LogP contribution in [0.3, 0.4) is 0 Å². The standard InChI is InChI=1S/C26H36N2O3/c1-4-30-24-10-8-9-23-18-28(17-21-11-13-22(14-12-21)20(2)3)19-25(29)27-15-6-5-7-16-31-26(23)24/h8-14,20H,4-7,15-19H2,1-3H3,(H,27,29). The van der Waals surface area contributed by atoms with E-state index < -0.39 is 0 Å². The maximum absolute atomic E-state index is 12.6. The monoisotopic (exact) mass is 424 g/mol. The molecule has 3 rings (SSSR count). The van der Waals surface area contributed by atoms with E-state index in [9.17, 15) is 4.79 Å². The highest BCUT2D eigenvalue weighted by Gasteiger charge is 2.18. The summed E-state index contributed by atoms with van der Waals surface area (Å²) in [7, 11) is 0. The second-order valence-electron chi connectivity index (χ2n) is 8.48. The van der Waals surface area contributed by atoms with Crippen molar-refractivity contribution in [1.29, 1.82) is 0 Å². The molecular weight excluding hydrogens is 388 g/mol. The molecule has 1 aliphatic rings. The summed E-state index contributed by atoms with van der Waals surface area (Å²) >= 11 is 0. The first-order chi connectivity index (χ1) is 15.1. The van der Waals surface area contributed by atoms with Crippen LogP contribution in [-0.2, 0) is 17.9 Å². The molecule has 1 amide bonds. The number of nitrogens with zero attached hydrogens (tertiary/aromatic N) is 1. The Bertz CT molecular complexity index is 833. The van der Waals surface area contributed by atoms with Crippen LogP contribution >= 0.6 is 0 Å². The van der Waals surface area contributed by atoms with Crippen molar-refractivity contribution in [3.63, 3.8) is 0 Å². The molecule has 168 valence electrons. The molecular formula is C26H36N2O3. The second kappa shape index (κ2) is 11.8. The minimum Gasteiger partial charge on any atom is -0.490 e. The van der Waals surface area contributed by atoms with Gasteiger partial charge in [0.15, 0.2) is 11.5 Å². The van der Waals surface area contributed by atoms with Crippen molar-refractivity contribution >= 4 is 5.91 Å². The number of amides is 1. The van der Waals surface area contributed by atoms with Crippen molar-refractivity contribution in [2.75, 3.05) is 26.3 Å². The first-order valence-corrected chi connectivity index (χ1v) is 11.5. The lowest BCUT2D eigenvalue weighted by Gasteiger charge is -2.24. The first-order valence-electron chi connectivity index (χ1n) is 11.5. The lowest BCUT2D eigenvalue weighted by molar-refractivity contribution is -0.122. The van der Waals surface area contributed by atoms with Gasteiger partial charge in [0.25, 0.3) is 0 Å². The molecule has 0 aromatic heterocycles. The van der Waals surface area contributed by atoms with Gasteiger partial charge in [0.1, 0.15) is 0 Å². The number of ether oxygens (including phenoxy) is 2. The van der Waals surface area contributed by atoms with E-state index in [0.717, 1.165) is 36.3 Å². The van der Waals surface area contributed by atoms with Crippen LogP contribution in [0.5, 0.6) is 11.5 Å². The minimum absolute atomic E-state index is 0.0708. The Morgan fingerprint density at radius 3 is 2.61 bits per heavy atom. The number of benzene rings is 2. The molecule has 2 aromatic carbocycles. The van der Waals surface area contributed by atoms with Gasteiger partial charge in [-0.25, -0.2) is 0 Å². The molecule has 0 radical (unpaired) electrons. The molecule has 5 nitrogen and oxygen atoms in total. The van der Waals surface area contributed by atoms with Crippen molar-refractivity contribution in [3.8, 4) is 11.5 Å². The van der Waals surface area contributed by atoms with E-state index in [1.54, 1.807) is 0 Å². The number of nitrogens with one attached hydrogen (secondary N) is 1. The summed E-state index contributed by atoms with van der Waals surface area (Å²) in [5, 5.41) is 3.07. The van der Waals surface area contributed by atoms with E-state index in [-0.39, 0.29) is 5.91 Å². The Morgan fingerprint density at radius 1 is 1.06 bits per heavy atom. The SMILES string of the molecule is CCOc1cccc2c1OCCCCCNC(=O)CN(Cc1ccc(C(C)C)cc1)C2. The Balaban J connectivity index is 1.86. The van der Waals surface area contributed by atoms with E-state index in [4.69, 9.17) is 9.47 Å². The molecule has 0 fully saturated rings. The van der Waals surface area contributed by atoms with Crippen molar-refractivity contribution in [1.82, 2.24) is 10.2 Å². The molecule has 5 heteroatoms. The molecule has 0 bridgehead atoms. The summed E-state index contributed by atoms with van der Waals surface area (Å²) in [5.41, 5.74) is 3.58. The lowest BCUT2D eigenvalue weighted by atomic mass is 10.0. The summed E-state index contributed by atoms with van der Waals surface area (Å²) in [4.78, 5) is 14.8. The predicted molar refractivity (Wildman–Crippen MR) is 125 cm³/mol. The molecule has 1 aliphatic heterocycles. The van der Waals surface area contributed by atoms with Crippen LogP contribution in [0.4, 0.5) is 0 Å². The molecule has 2 aromatic rings. The normalized spacial score (nSPS) is 16.3. The molecule has 31 heavy (non-hydrogen) atoms. The van der Waals surface area contributed by atoms with Gasteiger partial charge in [0.05, 0.1) is 19.8 Å². The summed E-state index contributed by atoms with van der Waals surface area (Å²) in [6.45, 7) is 10.0. The fourth-order valence-corrected chi connectivity index (χ4v) is 3.86.